The average molecular weight is 321 g/mol. The number of nitrogen functional groups attached to an aromatic ring is 1. The maximum absolute atomic E-state index is 12.1. The monoisotopic (exact) mass is 320 g/mol. The van der Waals surface area contributed by atoms with Crippen LogP contribution in [0.5, 0.6) is 0 Å². The molecule has 0 saturated heterocycles. The second-order valence-electron chi connectivity index (χ2n) is 3.49. The van der Waals surface area contributed by atoms with E-state index in [-0.39, 0.29) is 34.0 Å². The van der Waals surface area contributed by atoms with Crippen LogP contribution in [0.25, 0.3) is 0 Å². The largest absolute Gasteiger partial charge is 0.441 e. The Hall–Kier alpha value is -1.50. The quantitative estimate of drug-likeness (QED) is 0.670. The smallest absolute Gasteiger partial charge is 0.239 e. The number of furan rings is 1. The van der Waals surface area contributed by atoms with Gasteiger partial charge in [0, 0.05) is 5.02 Å². The maximum Gasteiger partial charge on any atom is 0.239 e. The Labute approximate surface area is 121 Å². The van der Waals surface area contributed by atoms with Crippen LogP contribution in [0, 0.1) is 5.41 Å². The van der Waals surface area contributed by atoms with Crippen molar-refractivity contribution < 1.29 is 12.8 Å². The first-order chi connectivity index (χ1) is 8.41. The average Bonchev–Trinajstić information content (AvgIpc) is 2.79. The topological polar surface area (TPSA) is 97.1 Å². The van der Waals surface area contributed by atoms with Crippen LogP contribution in [0.1, 0.15) is 5.76 Å². The van der Waals surface area contributed by atoms with Crippen LogP contribution in [-0.4, -0.2) is 14.3 Å². The molecule has 0 spiro atoms. The van der Waals surface area contributed by atoms with Crippen molar-refractivity contribution in [1.82, 2.24) is 0 Å². The van der Waals surface area contributed by atoms with Crippen LogP contribution in [0.15, 0.2) is 50.8 Å². The molecule has 0 amide bonds. The number of halogens is 2. The summed E-state index contributed by atoms with van der Waals surface area (Å²) in [5, 5.41) is 7.35. The van der Waals surface area contributed by atoms with Crippen molar-refractivity contribution in [2.75, 3.05) is 0 Å². The van der Waals surface area contributed by atoms with E-state index in [1.807, 2.05) is 0 Å². The van der Waals surface area contributed by atoms with E-state index in [0.29, 0.717) is 5.02 Å². The molecule has 0 fully saturated rings. The minimum Gasteiger partial charge on any atom is -0.441 e. The van der Waals surface area contributed by atoms with Crippen LogP contribution < -0.4 is 5.73 Å². The van der Waals surface area contributed by atoms with Crippen molar-refractivity contribution in [3.8, 4) is 0 Å². The van der Waals surface area contributed by atoms with E-state index in [1.54, 1.807) is 0 Å². The van der Waals surface area contributed by atoms with Crippen molar-refractivity contribution >= 4 is 39.7 Å². The summed E-state index contributed by atoms with van der Waals surface area (Å²) < 4.78 is 29.3. The van der Waals surface area contributed by atoms with Gasteiger partial charge in [-0.25, -0.2) is 8.42 Å². The molecule has 0 aliphatic carbocycles. The van der Waals surface area contributed by atoms with E-state index in [4.69, 9.17) is 27.2 Å². The molecule has 0 unspecified atom stereocenters. The van der Waals surface area contributed by atoms with Crippen molar-refractivity contribution in [1.29, 1.82) is 5.41 Å². The minimum atomic E-state index is -3.75. The Kier molecular flexibility index (Phi) is 4.62. The van der Waals surface area contributed by atoms with Gasteiger partial charge in [-0.15, -0.1) is 12.4 Å². The summed E-state index contributed by atoms with van der Waals surface area (Å²) in [7, 11) is -3.75. The number of sulfone groups is 1. The van der Waals surface area contributed by atoms with Crippen molar-refractivity contribution in [2.24, 2.45) is 5.73 Å². The fourth-order valence-electron chi connectivity index (χ4n) is 1.34. The molecule has 19 heavy (non-hydrogen) atoms. The molecule has 0 aliphatic rings. The molecule has 8 heteroatoms. The summed E-state index contributed by atoms with van der Waals surface area (Å²) in [6.45, 7) is 0. The summed E-state index contributed by atoms with van der Waals surface area (Å²) in [5.74, 6) is -0.310. The molecule has 0 radical (unpaired) electrons. The first-order valence-corrected chi connectivity index (χ1v) is 6.72. The summed E-state index contributed by atoms with van der Waals surface area (Å²) >= 11 is 5.69. The zero-order chi connectivity index (χ0) is 13.3. The fraction of sp³-hybridized carbons (Fsp3) is 0. The Bertz CT molecular complexity index is 693. The second kappa shape index (κ2) is 5.64. The first kappa shape index (κ1) is 15.6. The predicted molar refractivity (Wildman–Crippen MR) is 73.9 cm³/mol. The summed E-state index contributed by atoms with van der Waals surface area (Å²) in [4.78, 5) is 0.0661. The van der Waals surface area contributed by atoms with E-state index < -0.39 is 9.84 Å². The molecule has 2 rings (SSSR count). The molecule has 0 atom stereocenters. The Balaban J connectivity index is 0.00000180. The van der Waals surface area contributed by atoms with E-state index in [9.17, 15) is 8.42 Å². The van der Waals surface area contributed by atoms with E-state index in [0.717, 1.165) is 0 Å². The van der Waals surface area contributed by atoms with Gasteiger partial charge < -0.3 is 10.2 Å². The van der Waals surface area contributed by atoms with Gasteiger partial charge >= 0.3 is 0 Å². The van der Waals surface area contributed by atoms with Gasteiger partial charge in [0.25, 0.3) is 0 Å². The van der Waals surface area contributed by atoms with Crippen molar-refractivity contribution in [2.45, 2.75) is 9.99 Å². The maximum atomic E-state index is 12.1. The number of hydrogen-bond donors (Lipinski definition) is 2. The van der Waals surface area contributed by atoms with Crippen molar-refractivity contribution in [3.63, 3.8) is 0 Å². The van der Waals surface area contributed by atoms with E-state index >= 15 is 0 Å². The van der Waals surface area contributed by atoms with Gasteiger partial charge in [-0.3, -0.25) is 5.41 Å². The number of benzene rings is 1. The third kappa shape index (κ3) is 3.09. The van der Waals surface area contributed by atoms with Gasteiger partial charge in [-0.1, -0.05) is 11.6 Å². The number of rotatable bonds is 3. The third-order valence-corrected chi connectivity index (χ3v) is 4.13. The predicted octanol–water partition coefficient (Wildman–Crippen LogP) is 2.47. The number of amidine groups is 1. The summed E-state index contributed by atoms with van der Waals surface area (Å²) in [6.07, 6.45) is 0. The van der Waals surface area contributed by atoms with Crippen LogP contribution in [-0.2, 0) is 9.84 Å². The van der Waals surface area contributed by atoms with Gasteiger partial charge in [0.05, 0.1) is 4.90 Å². The molecular weight excluding hydrogens is 311 g/mol. The van der Waals surface area contributed by atoms with Gasteiger partial charge in [0.15, 0.2) is 11.6 Å². The molecular formula is C11H10Cl2N2O3S. The molecule has 0 aliphatic heterocycles. The normalized spacial score (nSPS) is 10.8. The Morgan fingerprint density at radius 1 is 1.16 bits per heavy atom. The standard InChI is InChI=1S/C11H9ClN2O3S.ClH/c12-7-1-3-8(4-2-7)18(15,16)10-6-5-9(17-10)11(13)14;/h1-6H,(H3,13,14);1H. The lowest BCUT2D eigenvalue weighted by Gasteiger charge is -2.01. The molecule has 102 valence electrons. The van der Waals surface area contributed by atoms with Crippen molar-refractivity contribution in [3.05, 3.63) is 47.2 Å². The summed E-state index contributed by atoms with van der Waals surface area (Å²) in [6, 6.07) is 8.32. The van der Waals surface area contributed by atoms with E-state index in [1.165, 1.54) is 36.4 Å². The van der Waals surface area contributed by atoms with Crippen LogP contribution >= 0.6 is 24.0 Å². The Morgan fingerprint density at radius 3 is 2.21 bits per heavy atom. The number of hydrogen-bond acceptors (Lipinski definition) is 4. The molecule has 1 heterocycles. The van der Waals surface area contributed by atoms with Gasteiger partial charge in [-0.2, -0.15) is 0 Å². The summed E-state index contributed by atoms with van der Waals surface area (Å²) in [5.41, 5.74) is 5.21. The highest BCUT2D eigenvalue weighted by Gasteiger charge is 2.22. The third-order valence-electron chi connectivity index (χ3n) is 2.24. The van der Waals surface area contributed by atoms with Crippen LogP contribution in [0.2, 0.25) is 5.02 Å². The van der Waals surface area contributed by atoms with Gasteiger partial charge in [0.1, 0.15) is 0 Å². The molecule has 0 bridgehead atoms. The fourth-order valence-corrected chi connectivity index (χ4v) is 2.64. The highest BCUT2D eigenvalue weighted by atomic mass is 35.5. The lowest BCUT2D eigenvalue weighted by atomic mass is 10.4. The molecule has 1 aromatic heterocycles. The number of nitrogens with two attached hydrogens (primary N) is 1. The van der Waals surface area contributed by atoms with Crippen LogP contribution in [0.4, 0.5) is 0 Å². The second-order valence-corrected chi connectivity index (χ2v) is 5.81. The SMILES string of the molecule is Cl.N=C(N)c1ccc(S(=O)(=O)c2ccc(Cl)cc2)o1. The highest BCUT2D eigenvalue weighted by molar-refractivity contribution is 7.91. The lowest BCUT2D eigenvalue weighted by Crippen LogP contribution is -2.09. The zero-order valence-electron chi connectivity index (χ0n) is 9.46. The Morgan fingerprint density at radius 2 is 1.74 bits per heavy atom. The van der Waals surface area contributed by atoms with E-state index in [2.05, 4.69) is 0 Å². The number of nitrogens with one attached hydrogen (secondary N) is 1. The van der Waals surface area contributed by atoms with Gasteiger partial charge in [0.2, 0.25) is 14.9 Å². The molecule has 2 aromatic rings. The van der Waals surface area contributed by atoms with Gasteiger partial charge in [-0.05, 0) is 36.4 Å². The molecule has 1 aromatic carbocycles. The first-order valence-electron chi connectivity index (χ1n) is 4.86. The highest BCUT2D eigenvalue weighted by Crippen LogP contribution is 2.23. The minimum absolute atomic E-state index is 0. The molecule has 3 N–H and O–H groups in total. The molecule has 0 saturated carbocycles. The van der Waals surface area contributed by atoms with Crippen LogP contribution in [0.3, 0.4) is 0 Å². The molecule has 5 nitrogen and oxygen atoms in total. The lowest BCUT2D eigenvalue weighted by molar-refractivity contribution is 0.443. The zero-order valence-corrected chi connectivity index (χ0v) is 11.8.